The Labute approximate surface area is 189 Å². The van der Waals surface area contributed by atoms with Crippen molar-refractivity contribution in [2.75, 3.05) is 13.1 Å². The molecule has 2 aromatic carbocycles. The summed E-state index contributed by atoms with van der Waals surface area (Å²) in [5.41, 5.74) is 5.20. The van der Waals surface area contributed by atoms with Crippen LogP contribution < -0.4 is 5.32 Å². The van der Waals surface area contributed by atoms with Crippen LogP contribution in [0.15, 0.2) is 48.8 Å². The number of hydrogen-bond donors (Lipinski definition) is 1. The molecule has 1 saturated heterocycles. The lowest BCUT2D eigenvalue weighted by Gasteiger charge is -2.36. The molecule has 1 aliphatic rings. The molecular weight excluding hydrogens is 400 g/mol. The van der Waals surface area contributed by atoms with Crippen molar-refractivity contribution in [3.8, 4) is 0 Å². The fourth-order valence-electron chi connectivity index (χ4n) is 4.52. The third kappa shape index (κ3) is 5.01. The first-order valence-corrected chi connectivity index (χ1v) is 11.6. The first kappa shape index (κ1) is 22.1. The van der Waals surface area contributed by atoms with E-state index >= 15 is 0 Å². The van der Waals surface area contributed by atoms with Crippen molar-refractivity contribution in [1.82, 2.24) is 19.8 Å². The van der Waals surface area contributed by atoms with Gasteiger partial charge in [0.1, 0.15) is 0 Å². The molecule has 1 aromatic heterocycles. The van der Waals surface area contributed by atoms with Crippen molar-refractivity contribution < 1.29 is 9.59 Å². The van der Waals surface area contributed by atoms with E-state index in [2.05, 4.69) is 40.8 Å². The zero-order valence-electron chi connectivity index (χ0n) is 19.0. The second kappa shape index (κ2) is 9.98. The maximum absolute atomic E-state index is 13.1. The zero-order valence-corrected chi connectivity index (χ0v) is 19.0. The first-order valence-electron chi connectivity index (χ1n) is 11.6. The minimum absolute atomic E-state index is 0.0585. The van der Waals surface area contributed by atoms with Crippen molar-refractivity contribution in [3.05, 3.63) is 65.5 Å². The highest BCUT2D eigenvalue weighted by atomic mass is 16.2. The molecule has 0 radical (unpaired) electrons. The molecule has 32 heavy (non-hydrogen) atoms. The molecule has 2 heterocycles. The number of hydrogen-bond acceptors (Lipinski definition) is 3. The zero-order chi connectivity index (χ0) is 22.5. The fraction of sp³-hybridized carbons (Fsp3) is 0.423. The lowest BCUT2D eigenvalue weighted by atomic mass is 9.98. The van der Waals surface area contributed by atoms with Gasteiger partial charge in [0.15, 0.2) is 0 Å². The van der Waals surface area contributed by atoms with Crippen LogP contribution in [0, 0.1) is 13.8 Å². The van der Waals surface area contributed by atoms with Gasteiger partial charge in [-0.3, -0.25) is 9.59 Å². The Hall–Kier alpha value is -3.15. The van der Waals surface area contributed by atoms with E-state index in [-0.39, 0.29) is 17.9 Å². The predicted molar refractivity (Wildman–Crippen MR) is 127 cm³/mol. The minimum atomic E-state index is -0.0585. The summed E-state index contributed by atoms with van der Waals surface area (Å²) in [6.45, 7) is 6.21. The van der Waals surface area contributed by atoms with Gasteiger partial charge in [-0.25, -0.2) is 4.98 Å². The standard InChI is InChI=1S/C26H32N4O2/c1-19-16-23-24(17-20(19)2)29(18-28-23)15-12-25(31)30-14-7-6-10-22(30)11-13-27-26(32)21-8-4-3-5-9-21/h3-5,8-9,16-18,22H,6-7,10-15H2,1-2H3,(H,27,32). The Morgan fingerprint density at radius 2 is 1.88 bits per heavy atom. The normalized spacial score (nSPS) is 16.3. The van der Waals surface area contributed by atoms with Crippen molar-refractivity contribution >= 4 is 22.8 Å². The highest BCUT2D eigenvalue weighted by Gasteiger charge is 2.26. The van der Waals surface area contributed by atoms with Gasteiger partial charge in [0.05, 0.1) is 17.4 Å². The topological polar surface area (TPSA) is 67.2 Å². The van der Waals surface area contributed by atoms with Crippen LogP contribution in [-0.4, -0.2) is 45.4 Å². The second-order valence-corrected chi connectivity index (χ2v) is 8.76. The lowest BCUT2D eigenvalue weighted by molar-refractivity contribution is -0.135. The van der Waals surface area contributed by atoms with E-state index in [0.29, 0.717) is 25.1 Å². The number of aromatic nitrogens is 2. The van der Waals surface area contributed by atoms with Crippen molar-refractivity contribution in [3.63, 3.8) is 0 Å². The Balaban J connectivity index is 1.32. The van der Waals surface area contributed by atoms with Crippen molar-refractivity contribution in [2.45, 2.75) is 58.5 Å². The van der Waals surface area contributed by atoms with Gasteiger partial charge in [-0.1, -0.05) is 18.2 Å². The van der Waals surface area contributed by atoms with Crippen molar-refractivity contribution in [2.24, 2.45) is 0 Å². The number of fused-ring (bicyclic) bond motifs is 1. The summed E-state index contributed by atoms with van der Waals surface area (Å²) < 4.78 is 2.08. The summed E-state index contributed by atoms with van der Waals surface area (Å²) in [4.78, 5) is 31.9. The van der Waals surface area contributed by atoms with E-state index < -0.39 is 0 Å². The average molecular weight is 433 g/mol. The average Bonchev–Trinajstić information content (AvgIpc) is 3.20. The maximum atomic E-state index is 13.1. The summed E-state index contributed by atoms with van der Waals surface area (Å²) in [5.74, 6) is 0.131. The van der Waals surface area contributed by atoms with Gasteiger partial charge < -0.3 is 14.8 Å². The molecule has 0 bridgehead atoms. The number of carbonyl (C=O) groups is 2. The highest BCUT2D eigenvalue weighted by Crippen LogP contribution is 2.22. The van der Waals surface area contributed by atoms with E-state index in [4.69, 9.17) is 0 Å². The molecule has 2 amide bonds. The van der Waals surface area contributed by atoms with Crippen LogP contribution in [-0.2, 0) is 11.3 Å². The van der Waals surface area contributed by atoms with Gasteiger partial charge in [0, 0.05) is 37.7 Å². The van der Waals surface area contributed by atoms with Gasteiger partial charge in [-0.05, 0) is 74.9 Å². The third-order valence-corrected chi connectivity index (χ3v) is 6.55. The summed E-state index contributed by atoms with van der Waals surface area (Å²) in [5, 5.41) is 3.00. The molecule has 168 valence electrons. The molecule has 0 saturated carbocycles. The van der Waals surface area contributed by atoms with Crippen LogP contribution in [0.5, 0.6) is 0 Å². The van der Waals surface area contributed by atoms with Gasteiger partial charge in [-0.15, -0.1) is 0 Å². The SMILES string of the molecule is Cc1cc2ncn(CCC(=O)N3CCCCC3CCNC(=O)c3ccccc3)c2cc1C. The van der Waals surface area contributed by atoms with Crippen LogP contribution >= 0.6 is 0 Å². The number of piperidine rings is 1. The highest BCUT2D eigenvalue weighted by molar-refractivity contribution is 5.94. The smallest absolute Gasteiger partial charge is 0.251 e. The summed E-state index contributed by atoms with van der Waals surface area (Å²) in [6.07, 6.45) is 6.27. The molecule has 1 atom stereocenters. The number of likely N-dealkylation sites (tertiary alicyclic amines) is 1. The molecule has 1 fully saturated rings. The molecule has 4 rings (SSSR count). The van der Waals surface area contributed by atoms with E-state index in [1.54, 1.807) is 0 Å². The number of imidazole rings is 1. The van der Waals surface area contributed by atoms with Crippen LogP contribution in [0.2, 0.25) is 0 Å². The maximum Gasteiger partial charge on any atom is 0.251 e. The van der Waals surface area contributed by atoms with E-state index in [9.17, 15) is 9.59 Å². The Morgan fingerprint density at radius 3 is 2.69 bits per heavy atom. The number of aryl methyl sites for hydroxylation is 3. The second-order valence-electron chi connectivity index (χ2n) is 8.76. The summed E-state index contributed by atoms with van der Waals surface area (Å²) in [7, 11) is 0. The molecular formula is C26H32N4O2. The van der Waals surface area contributed by atoms with Gasteiger partial charge >= 0.3 is 0 Å². The molecule has 3 aromatic rings. The van der Waals surface area contributed by atoms with Gasteiger partial charge in [-0.2, -0.15) is 0 Å². The molecule has 1 N–H and O–H groups in total. The minimum Gasteiger partial charge on any atom is -0.352 e. The predicted octanol–water partition coefficient (Wildman–Crippen LogP) is 4.24. The summed E-state index contributed by atoms with van der Waals surface area (Å²) >= 11 is 0. The molecule has 0 spiro atoms. The third-order valence-electron chi connectivity index (χ3n) is 6.55. The Kier molecular flexibility index (Phi) is 6.88. The van der Waals surface area contributed by atoms with Crippen LogP contribution in [0.25, 0.3) is 11.0 Å². The Morgan fingerprint density at radius 1 is 1.09 bits per heavy atom. The van der Waals surface area contributed by atoms with Crippen LogP contribution in [0.1, 0.15) is 53.6 Å². The lowest BCUT2D eigenvalue weighted by Crippen LogP contribution is -2.45. The van der Waals surface area contributed by atoms with Gasteiger partial charge in [0.2, 0.25) is 5.91 Å². The van der Waals surface area contributed by atoms with Crippen LogP contribution in [0.3, 0.4) is 0 Å². The van der Waals surface area contributed by atoms with Gasteiger partial charge in [0.25, 0.3) is 5.91 Å². The number of nitrogens with one attached hydrogen (secondary N) is 1. The van der Waals surface area contributed by atoms with E-state index in [1.165, 1.54) is 11.1 Å². The summed E-state index contributed by atoms with van der Waals surface area (Å²) in [6, 6.07) is 13.7. The molecule has 6 heteroatoms. The molecule has 1 aliphatic heterocycles. The first-order chi connectivity index (χ1) is 15.5. The number of benzene rings is 2. The molecule has 0 aliphatic carbocycles. The monoisotopic (exact) mass is 432 g/mol. The van der Waals surface area contributed by atoms with Crippen molar-refractivity contribution in [1.29, 1.82) is 0 Å². The quantitative estimate of drug-likeness (QED) is 0.607. The van der Waals surface area contributed by atoms with E-state index in [0.717, 1.165) is 43.3 Å². The molecule has 6 nitrogen and oxygen atoms in total. The number of nitrogens with zero attached hydrogens (tertiary/aromatic N) is 3. The number of rotatable bonds is 7. The van der Waals surface area contributed by atoms with E-state index in [1.807, 2.05) is 41.6 Å². The number of amides is 2. The van der Waals surface area contributed by atoms with Crippen LogP contribution in [0.4, 0.5) is 0 Å². The Bertz CT molecular complexity index is 1090. The number of carbonyl (C=O) groups excluding carboxylic acids is 2. The largest absolute Gasteiger partial charge is 0.352 e. The fourth-order valence-corrected chi connectivity index (χ4v) is 4.52. The molecule has 1 unspecified atom stereocenters.